The number of amides is 1. The van der Waals surface area contributed by atoms with Gasteiger partial charge in [0.1, 0.15) is 17.5 Å². The molecule has 0 saturated heterocycles. The number of phenols is 1. The van der Waals surface area contributed by atoms with Crippen LogP contribution in [0.1, 0.15) is 27.8 Å². The fourth-order valence-electron chi connectivity index (χ4n) is 3.48. The Balaban J connectivity index is 1.83. The van der Waals surface area contributed by atoms with Gasteiger partial charge >= 0.3 is 0 Å². The van der Waals surface area contributed by atoms with E-state index in [1.165, 1.54) is 14.2 Å². The van der Waals surface area contributed by atoms with Gasteiger partial charge in [0, 0.05) is 31.5 Å². The van der Waals surface area contributed by atoms with Gasteiger partial charge in [0.15, 0.2) is 6.29 Å². The van der Waals surface area contributed by atoms with Crippen molar-refractivity contribution >= 4 is 5.91 Å². The van der Waals surface area contributed by atoms with Gasteiger partial charge < -0.3 is 19.5 Å². The second-order valence-corrected chi connectivity index (χ2v) is 6.42. The van der Waals surface area contributed by atoms with Crippen molar-refractivity contribution in [2.75, 3.05) is 20.8 Å². The molecule has 1 aliphatic heterocycles. The maximum Gasteiger partial charge on any atom is 0.273 e. The number of phenolic OH excluding ortho intramolecular Hbond substituents is 1. The smallest absolute Gasteiger partial charge is 0.273 e. The molecule has 2 aromatic heterocycles. The fraction of sp³-hybridized carbons (Fsp3) is 0.250. The van der Waals surface area contributed by atoms with Crippen molar-refractivity contribution in [1.29, 1.82) is 0 Å². The van der Waals surface area contributed by atoms with Crippen LogP contribution in [0.4, 0.5) is 0 Å². The van der Waals surface area contributed by atoms with Crippen LogP contribution in [-0.2, 0) is 9.47 Å². The van der Waals surface area contributed by atoms with Crippen molar-refractivity contribution < 1.29 is 19.4 Å². The second-order valence-electron chi connectivity index (χ2n) is 6.42. The van der Waals surface area contributed by atoms with Crippen LogP contribution in [-0.4, -0.2) is 58.1 Å². The van der Waals surface area contributed by atoms with Crippen molar-refractivity contribution in [2.45, 2.75) is 12.3 Å². The summed E-state index contributed by atoms with van der Waals surface area (Å²) < 4.78 is 10.6. The number of H-pyrrole nitrogens is 1. The van der Waals surface area contributed by atoms with E-state index in [0.29, 0.717) is 11.4 Å². The lowest BCUT2D eigenvalue weighted by molar-refractivity contribution is -0.113. The number of fused-ring (bicyclic) bond motifs is 1. The Morgan fingerprint density at radius 3 is 2.57 bits per heavy atom. The molecule has 0 aliphatic carbocycles. The molecule has 1 aromatic carbocycles. The highest BCUT2D eigenvalue weighted by molar-refractivity contribution is 6.00. The third-order valence-corrected chi connectivity index (χ3v) is 4.84. The quantitative estimate of drug-likeness (QED) is 0.637. The van der Waals surface area contributed by atoms with E-state index in [2.05, 4.69) is 15.2 Å². The number of carbonyl (C=O) groups excluding carboxylic acids is 1. The first-order valence-electron chi connectivity index (χ1n) is 8.79. The summed E-state index contributed by atoms with van der Waals surface area (Å²) >= 11 is 0. The molecule has 0 bridgehead atoms. The average Bonchev–Trinajstić information content (AvgIpc) is 3.26. The van der Waals surface area contributed by atoms with E-state index in [9.17, 15) is 9.90 Å². The number of methoxy groups -OCH3 is 2. The minimum atomic E-state index is -0.566. The normalized spacial score (nSPS) is 16.0. The van der Waals surface area contributed by atoms with Crippen molar-refractivity contribution in [3.63, 3.8) is 0 Å². The molecular weight excluding hydrogens is 360 g/mol. The Bertz CT molecular complexity index is 968. The first-order valence-corrected chi connectivity index (χ1v) is 8.79. The fourth-order valence-corrected chi connectivity index (χ4v) is 3.48. The molecule has 3 heterocycles. The number of pyridine rings is 1. The number of hydrogen-bond acceptors (Lipinski definition) is 6. The van der Waals surface area contributed by atoms with Gasteiger partial charge in [0.25, 0.3) is 5.91 Å². The molecular formula is C20H20N4O4. The molecule has 1 unspecified atom stereocenters. The number of ether oxygens (including phenoxy) is 2. The first-order chi connectivity index (χ1) is 13.6. The molecule has 0 fully saturated rings. The predicted octanol–water partition coefficient (Wildman–Crippen LogP) is 2.34. The largest absolute Gasteiger partial charge is 0.508 e. The van der Waals surface area contributed by atoms with Crippen LogP contribution >= 0.6 is 0 Å². The van der Waals surface area contributed by atoms with Gasteiger partial charge in [-0.25, -0.2) is 0 Å². The van der Waals surface area contributed by atoms with Crippen LogP contribution in [0.2, 0.25) is 0 Å². The lowest BCUT2D eigenvalue weighted by atomic mass is 9.99. The highest BCUT2D eigenvalue weighted by Gasteiger charge is 2.43. The number of nitrogens with zero attached hydrogens (tertiary/aromatic N) is 3. The van der Waals surface area contributed by atoms with Gasteiger partial charge in [-0.2, -0.15) is 5.10 Å². The molecule has 0 spiro atoms. The molecule has 1 atom stereocenters. The molecule has 28 heavy (non-hydrogen) atoms. The lowest BCUT2D eigenvalue weighted by Crippen LogP contribution is -2.38. The van der Waals surface area contributed by atoms with E-state index in [0.717, 1.165) is 16.8 Å². The highest BCUT2D eigenvalue weighted by Crippen LogP contribution is 2.42. The van der Waals surface area contributed by atoms with Gasteiger partial charge in [-0.05, 0) is 36.4 Å². The van der Waals surface area contributed by atoms with Gasteiger partial charge in [0.05, 0.1) is 17.9 Å². The maximum absolute atomic E-state index is 13.1. The van der Waals surface area contributed by atoms with Gasteiger partial charge in [-0.15, -0.1) is 0 Å². The second kappa shape index (κ2) is 7.41. The Labute approximate surface area is 161 Å². The average molecular weight is 380 g/mol. The lowest BCUT2D eigenvalue weighted by Gasteiger charge is -2.28. The standard InChI is InChI=1S/C20H20N4O4/c1-27-15(28-2)11-24-19(14-5-3-4-10-21-14)16-17(22-23-18(16)20(24)26)12-6-8-13(25)9-7-12/h3-10,15,19,25H,11H2,1-2H3,(H,22,23). The monoisotopic (exact) mass is 380 g/mol. The van der Waals surface area contributed by atoms with Crippen molar-refractivity contribution in [3.8, 4) is 17.0 Å². The molecule has 1 aliphatic rings. The molecule has 8 nitrogen and oxygen atoms in total. The van der Waals surface area contributed by atoms with E-state index in [4.69, 9.17) is 9.47 Å². The van der Waals surface area contributed by atoms with Crippen LogP contribution in [0, 0.1) is 0 Å². The van der Waals surface area contributed by atoms with Crippen molar-refractivity contribution in [1.82, 2.24) is 20.1 Å². The van der Waals surface area contributed by atoms with Crippen LogP contribution in [0.3, 0.4) is 0 Å². The van der Waals surface area contributed by atoms with E-state index >= 15 is 0 Å². The zero-order valence-corrected chi connectivity index (χ0v) is 15.5. The Morgan fingerprint density at radius 2 is 1.93 bits per heavy atom. The van der Waals surface area contributed by atoms with Crippen molar-refractivity contribution in [2.24, 2.45) is 0 Å². The van der Waals surface area contributed by atoms with Gasteiger partial charge in [-0.3, -0.25) is 14.9 Å². The summed E-state index contributed by atoms with van der Waals surface area (Å²) in [4.78, 5) is 19.3. The minimum absolute atomic E-state index is 0.165. The number of rotatable bonds is 6. The number of aromatic hydroxyl groups is 1. The van der Waals surface area contributed by atoms with E-state index in [1.807, 2.05) is 18.2 Å². The first kappa shape index (κ1) is 18.1. The SMILES string of the molecule is COC(CN1C(=O)c2[nH]nc(-c3ccc(O)cc3)c2C1c1ccccn1)OC. The van der Waals surface area contributed by atoms with Crippen LogP contribution < -0.4 is 0 Å². The molecule has 8 heteroatoms. The van der Waals surface area contributed by atoms with Crippen LogP contribution in [0.15, 0.2) is 48.7 Å². The summed E-state index contributed by atoms with van der Waals surface area (Å²) in [6, 6.07) is 11.9. The van der Waals surface area contributed by atoms with Gasteiger partial charge in [-0.1, -0.05) is 6.07 Å². The number of benzene rings is 1. The summed E-state index contributed by atoms with van der Waals surface area (Å²) in [6.45, 7) is 0.241. The number of hydrogen-bond donors (Lipinski definition) is 2. The molecule has 1 amide bonds. The molecule has 4 rings (SSSR count). The Hall–Kier alpha value is -3.23. The summed E-state index contributed by atoms with van der Waals surface area (Å²) in [6.07, 6.45) is 1.13. The van der Waals surface area contributed by atoms with E-state index in [1.54, 1.807) is 35.4 Å². The van der Waals surface area contributed by atoms with E-state index in [-0.39, 0.29) is 18.2 Å². The summed E-state index contributed by atoms with van der Waals surface area (Å²) in [5.41, 5.74) is 3.33. The molecule has 0 saturated carbocycles. The number of aromatic nitrogens is 3. The zero-order chi connectivity index (χ0) is 19.7. The van der Waals surface area contributed by atoms with E-state index < -0.39 is 12.3 Å². The van der Waals surface area contributed by atoms with Crippen LogP contribution in [0.5, 0.6) is 5.75 Å². The maximum atomic E-state index is 13.1. The molecule has 2 N–H and O–H groups in total. The van der Waals surface area contributed by atoms with Gasteiger partial charge in [0.2, 0.25) is 0 Å². The number of nitrogens with one attached hydrogen (secondary N) is 1. The summed E-state index contributed by atoms with van der Waals surface area (Å²) in [5.74, 6) is -0.0276. The molecule has 144 valence electrons. The highest BCUT2D eigenvalue weighted by atomic mass is 16.7. The summed E-state index contributed by atoms with van der Waals surface area (Å²) in [7, 11) is 3.07. The minimum Gasteiger partial charge on any atom is -0.508 e. The Kier molecular flexibility index (Phi) is 4.81. The number of carbonyl (C=O) groups is 1. The zero-order valence-electron chi connectivity index (χ0n) is 15.5. The van der Waals surface area contributed by atoms with Crippen LogP contribution in [0.25, 0.3) is 11.3 Å². The number of aromatic amines is 1. The third-order valence-electron chi connectivity index (χ3n) is 4.84. The molecule has 3 aromatic rings. The third kappa shape index (κ3) is 3.02. The Morgan fingerprint density at radius 1 is 1.18 bits per heavy atom. The topological polar surface area (TPSA) is 101 Å². The predicted molar refractivity (Wildman–Crippen MR) is 101 cm³/mol. The summed E-state index contributed by atoms with van der Waals surface area (Å²) in [5, 5.41) is 16.8. The van der Waals surface area contributed by atoms with Crippen molar-refractivity contribution in [3.05, 3.63) is 65.6 Å². The molecule has 0 radical (unpaired) electrons.